The van der Waals surface area contributed by atoms with Gasteiger partial charge in [-0.05, 0) is 106 Å². The molecule has 1 aliphatic carbocycles. The van der Waals surface area contributed by atoms with E-state index in [0.717, 1.165) is 48.8 Å². The minimum atomic E-state index is -3.62. The molecule has 256 valence electrons. The minimum absolute atomic E-state index is 0.0224. The van der Waals surface area contributed by atoms with Crippen LogP contribution in [0.2, 0.25) is 0 Å². The molecule has 9 nitrogen and oxygen atoms in total. The van der Waals surface area contributed by atoms with E-state index in [1.165, 1.54) is 6.07 Å². The lowest BCUT2D eigenvalue weighted by Gasteiger charge is -2.37. The van der Waals surface area contributed by atoms with Crippen LogP contribution in [0.15, 0.2) is 35.2 Å². The van der Waals surface area contributed by atoms with Crippen LogP contribution in [-0.4, -0.2) is 102 Å². The lowest BCUT2D eigenvalue weighted by atomic mass is 9.75. The zero-order valence-corrected chi connectivity index (χ0v) is 29.3. The van der Waals surface area contributed by atoms with E-state index in [9.17, 15) is 17.6 Å². The summed E-state index contributed by atoms with van der Waals surface area (Å²) in [5.41, 5.74) is 3.30. The number of halogens is 1. The highest BCUT2D eigenvalue weighted by atomic mass is 32.2. The van der Waals surface area contributed by atoms with Crippen LogP contribution >= 0.6 is 0 Å². The Labute approximate surface area is 275 Å². The van der Waals surface area contributed by atoms with E-state index in [1.807, 2.05) is 26.8 Å². The molecule has 1 atom stereocenters. The lowest BCUT2D eigenvalue weighted by molar-refractivity contribution is -0.125. The molecule has 11 heteroatoms. The maximum Gasteiger partial charge on any atom is 0.245 e. The van der Waals surface area contributed by atoms with Gasteiger partial charge >= 0.3 is 0 Å². The monoisotopic (exact) mass is 660 g/mol. The van der Waals surface area contributed by atoms with Crippen LogP contribution in [-0.2, 0) is 19.6 Å². The number of methoxy groups -OCH3 is 1. The van der Waals surface area contributed by atoms with Gasteiger partial charge in [-0.3, -0.25) is 9.69 Å². The first kappa shape index (κ1) is 36.3. The Bertz CT molecular complexity index is 1420. The molecule has 1 heterocycles. The van der Waals surface area contributed by atoms with Crippen molar-refractivity contribution < 1.29 is 27.1 Å². The number of nitrogens with one attached hydrogen (secondary N) is 1. The van der Waals surface area contributed by atoms with E-state index in [4.69, 9.17) is 9.47 Å². The fraction of sp³-hybridized carbons (Fsp3) is 0.629. The van der Waals surface area contributed by atoms with Crippen molar-refractivity contribution in [2.45, 2.75) is 63.8 Å². The van der Waals surface area contributed by atoms with Gasteiger partial charge in [-0.15, -0.1) is 0 Å². The average molecular weight is 661 g/mol. The second-order valence-electron chi connectivity index (χ2n) is 13.2. The molecule has 1 saturated carbocycles. The van der Waals surface area contributed by atoms with Crippen LogP contribution in [0.4, 0.5) is 4.39 Å². The van der Waals surface area contributed by atoms with Gasteiger partial charge in [0.05, 0.1) is 18.6 Å². The molecule has 0 radical (unpaired) electrons. The largest absolute Gasteiger partial charge is 0.496 e. The standard InChI is InChI=1S/C35H53FN4O5S/c1-25-22-32(44-6)26(2)27(3)35(25)46(42,43)40-18-16-39(17-19-40)20-21-45-24-33(41)37-15-14-28-10-12-29(13-11-28)34(38(4)5)30-8-7-9-31(36)23-30/h7-9,22-23,28-29,34H,10-21,24H2,1-6H3,(H,37,41). The molecule has 4 rings (SSSR count). The molecule has 0 spiro atoms. The summed E-state index contributed by atoms with van der Waals surface area (Å²) in [6.45, 7) is 9.31. The summed E-state index contributed by atoms with van der Waals surface area (Å²) in [7, 11) is 2.11. The summed E-state index contributed by atoms with van der Waals surface area (Å²) in [6, 6.07) is 8.98. The third-order valence-corrected chi connectivity index (χ3v) is 12.1. The van der Waals surface area contributed by atoms with Gasteiger partial charge in [0, 0.05) is 45.3 Å². The molecule has 1 aliphatic heterocycles. The molecule has 2 aliphatic rings. The van der Waals surface area contributed by atoms with E-state index in [-0.39, 0.29) is 24.4 Å². The Kier molecular flexibility index (Phi) is 13.0. The lowest BCUT2D eigenvalue weighted by Crippen LogP contribution is -2.49. The third-order valence-electron chi connectivity index (χ3n) is 9.87. The highest BCUT2D eigenvalue weighted by molar-refractivity contribution is 7.89. The summed E-state index contributed by atoms with van der Waals surface area (Å²) in [5, 5.41) is 3.00. The van der Waals surface area contributed by atoms with Crippen molar-refractivity contribution in [3.05, 3.63) is 58.4 Å². The number of carbonyl (C=O) groups excluding carboxylic acids is 1. The van der Waals surface area contributed by atoms with Crippen LogP contribution in [0.5, 0.6) is 5.75 Å². The topological polar surface area (TPSA) is 91.4 Å². The van der Waals surface area contributed by atoms with Crippen molar-refractivity contribution in [1.29, 1.82) is 0 Å². The first-order chi connectivity index (χ1) is 21.9. The molecule has 2 fully saturated rings. The molecule has 2 aromatic rings. The number of benzene rings is 2. The smallest absolute Gasteiger partial charge is 0.245 e. The third kappa shape index (κ3) is 9.07. The highest BCUT2D eigenvalue weighted by Gasteiger charge is 2.32. The minimum Gasteiger partial charge on any atom is -0.496 e. The Balaban J connectivity index is 1.10. The quantitative estimate of drug-likeness (QED) is 0.294. The van der Waals surface area contributed by atoms with Crippen molar-refractivity contribution in [2.24, 2.45) is 11.8 Å². The van der Waals surface area contributed by atoms with Crippen LogP contribution in [0.1, 0.15) is 60.4 Å². The van der Waals surface area contributed by atoms with Gasteiger partial charge < -0.3 is 19.7 Å². The van der Waals surface area contributed by atoms with Gasteiger partial charge in [-0.25, -0.2) is 12.8 Å². The van der Waals surface area contributed by atoms with E-state index in [0.29, 0.717) is 73.9 Å². The number of hydrogen-bond acceptors (Lipinski definition) is 7. The first-order valence-electron chi connectivity index (χ1n) is 16.6. The van der Waals surface area contributed by atoms with E-state index in [1.54, 1.807) is 29.6 Å². The van der Waals surface area contributed by atoms with Gasteiger partial charge in [0.1, 0.15) is 18.2 Å². The van der Waals surface area contributed by atoms with Gasteiger partial charge in [0.25, 0.3) is 0 Å². The Morgan fingerprint density at radius 1 is 1.04 bits per heavy atom. The number of sulfonamides is 1. The van der Waals surface area contributed by atoms with Gasteiger partial charge in [0.2, 0.25) is 15.9 Å². The maximum atomic E-state index is 13.9. The molecule has 46 heavy (non-hydrogen) atoms. The fourth-order valence-corrected chi connectivity index (χ4v) is 9.16. The molecular formula is C35H53FN4O5S. The van der Waals surface area contributed by atoms with Crippen LogP contribution in [0.25, 0.3) is 0 Å². The predicted molar refractivity (Wildman–Crippen MR) is 179 cm³/mol. The Morgan fingerprint density at radius 3 is 2.37 bits per heavy atom. The Morgan fingerprint density at radius 2 is 1.74 bits per heavy atom. The first-order valence-corrected chi connectivity index (χ1v) is 18.0. The summed E-state index contributed by atoms with van der Waals surface area (Å²) in [6.07, 6.45) is 5.38. The molecule has 0 bridgehead atoms. The molecule has 0 aromatic heterocycles. The summed E-state index contributed by atoms with van der Waals surface area (Å²) < 4.78 is 53.5. The molecule has 1 amide bonds. The SMILES string of the molecule is COc1cc(C)c(S(=O)(=O)N2CCN(CCOCC(=O)NCCC3CCC(C(c4cccc(F)c4)N(C)C)CC3)CC2)c(C)c1C. The fourth-order valence-electron chi connectivity index (χ4n) is 7.25. The molecule has 1 N–H and O–H groups in total. The van der Waals surface area contributed by atoms with Crippen LogP contribution in [0, 0.1) is 38.4 Å². The van der Waals surface area contributed by atoms with E-state index in [2.05, 4.69) is 29.2 Å². The van der Waals surface area contributed by atoms with E-state index < -0.39 is 10.0 Å². The molecule has 1 saturated heterocycles. The van der Waals surface area contributed by atoms with Gasteiger partial charge in [-0.2, -0.15) is 4.31 Å². The number of rotatable bonds is 14. The second-order valence-corrected chi connectivity index (χ2v) is 15.0. The van der Waals surface area contributed by atoms with Crippen molar-refractivity contribution in [2.75, 3.05) is 73.7 Å². The number of carbonyl (C=O) groups is 1. The molecule has 1 unspecified atom stereocenters. The number of ether oxygens (including phenoxy) is 2. The summed E-state index contributed by atoms with van der Waals surface area (Å²) in [4.78, 5) is 17.1. The molecule has 2 aromatic carbocycles. The highest BCUT2D eigenvalue weighted by Crippen LogP contribution is 2.40. The van der Waals surface area contributed by atoms with Crippen LogP contribution < -0.4 is 10.1 Å². The van der Waals surface area contributed by atoms with Crippen molar-refractivity contribution in [3.8, 4) is 5.75 Å². The van der Waals surface area contributed by atoms with Crippen molar-refractivity contribution in [3.63, 3.8) is 0 Å². The number of piperazine rings is 1. The van der Waals surface area contributed by atoms with E-state index >= 15 is 0 Å². The zero-order valence-electron chi connectivity index (χ0n) is 28.5. The van der Waals surface area contributed by atoms with Crippen LogP contribution in [0.3, 0.4) is 0 Å². The average Bonchev–Trinajstić information content (AvgIpc) is 3.02. The summed E-state index contributed by atoms with van der Waals surface area (Å²) in [5.74, 6) is 1.48. The number of aryl methyl sites for hydroxylation is 1. The van der Waals surface area contributed by atoms with Crippen molar-refractivity contribution in [1.82, 2.24) is 19.4 Å². The zero-order chi connectivity index (χ0) is 33.4. The number of nitrogens with zero attached hydrogens (tertiary/aromatic N) is 3. The maximum absolute atomic E-state index is 13.9. The van der Waals surface area contributed by atoms with Gasteiger partial charge in [0.15, 0.2) is 0 Å². The Hall–Kier alpha value is -2.57. The number of hydrogen-bond donors (Lipinski definition) is 1. The normalized spacial score (nSPS) is 20.5. The predicted octanol–water partition coefficient (Wildman–Crippen LogP) is 4.70. The van der Waals surface area contributed by atoms with Gasteiger partial charge in [-0.1, -0.05) is 25.0 Å². The van der Waals surface area contributed by atoms with Crippen molar-refractivity contribution >= 4 is 15.9 Å². The summed E-state index contributed by atoms with van der Waals surface area (Å²) >= 11 is 0. The molecular weight excluding hydrogens is 607 g/mol. The number of amides is 1. The second kappa shape index (κ2) is 16.5.